The van der Waals surface area contributed by atoms with Gasteiger partial charge in [-0.3, -0.25) is 0 Å². The van der Waals surface area contributed by atoms with Crippen molar-refractivity contribution in [1.82, 2.24) is 10.6 Å². The van der Waals surface area contributed by atoms with Crippen LogP contribution in [0, 0.1) is 12.7 Å². The van der Waals surface area contributed by atoms with Gasteiger partial charge < -0.3 is 20.1 Å². The molecule has 2 aromatic carbocycles. The van der Waals surface area contributed by atoms with Gasteiger partial charge in [-0.05, 0) is 43.2 Å². The Kier molecular flexibility index (Phi) is 8.07. The minimum Gasteiger partial charge on any atom is -0.496 e. The summed E-state index contributed by atoms with van der Waals surface area (Å²) in [6.45, 7) is 6.07. The number of methoxy groups -OCH3 is 2. The number of rotatable bonds is 8. The lowest BCUT2D eigenvalue weighted by Gasteiger charge is -2.14. The monoisotopic (exact) mass is 373 g/mol. The number of aryl methyl sites for hydroxylation is 1. The molecule has 0 aliphatic carbocycles. The lowest BCUT2D eigenvalue weighted by Crippen LogP contribution is -2.36. The first-order chi connectivity index (χ1) is 13.1. The third kappa shape index (κ3) is 6.25. The molecule has 0 saturated heterocycles. The van der Waals surface area contributed by atoms with E-state index in [9.17, 15) is 4.39 Å². The summed E-state index contributed by atoms with van der Waals surface area (Å²) in [5.41, 5.74) is 3.67. The fourth-order valence-electron chi connectivity index (χ4n) is 2.68. The van der Waals surface area contributed by atoms with Crippen LogP contribution in [0.4, 0.5) is 4.39 Å². The van der Waals surface area contributed by atoms with E-state index in [-0.39, 0.29) is 12.4 Å². The van der Waals surface area contributed by atoms with Crippen LogP contribution in [0.5, 0.6) is 5.75 Å². The van der Waals surface area contributed by atoms with E-state index < -0.39 is 0 Å². The number of aliphatic imine (C=N–C) groups is 1. The highest BCUT2D eigenvalue weighted by molar-refractivity contribution is 5.79. The van der Waals surface area contributed by atoms with Gasteiger partial charge in [-0.15, -0.1) is 0 Å². The number of guanidine groups is 1. The van der Waals surface area contributed by atoms with E-state index in [2.05, 4.69) is 21.7 Å². The largest absolute Gasteiger partial charge is 0.496 e. The van der Waals surface area contributed by atoms with Gasteiger partial charge in [0.2, 0.25) is 0 Å². The fourth-order valence-corrected chi connectivity index (χ4v) is 2.68. The van der Waals surface area contributed by atoms with Crippen LogP contribution in [0.2, 0.25) is 0 Å². The molecule has 0 aliphatic heterocycles. The molecule has 5 nitrogen and oxygen atoms in total. The Balaban J connectivity index is 2.07. The second-order valence-corrected chi connectivity index (χ2v) is 6.22. The predicted octanol–water partition coefficient (Wildman–Crippen LogP) is 3.54. The van der Waals surface area contributed by atoms with Gasteiger partial charge in [0.05, 0.1) is 20.3 Å². The molecule has 27 heavy (non-hydrogen) atoms. The van der Waals surface area contributed by atoms with E-state index in [1.54, 1.807) is 26.4 Å². The van der Waals surface area contributed by atoms with Crippen LogP contribution in [0.25, 0.3) is 0 Å². The highest BCUT2D eigenvalue weighted by Gasteiger charge is 2.06. The molecule has 0 bridgehead atoms. The van der Waals surface area contributed by atoms with Crippen LogP contribution in [0.3, 0.4) is 0 Å². The molecule has 2 rings (SSSR count). The van der Waals surface area contributed by atoms with Crippen LogP contribution >= 0.6 is 0 Å². The number of halogens is 1. The summed E-state index contributed by atoms with van der Waals surface area (Å²) in [4.78, 5) is 4.59. The summed E-state index contributed by atoms with van der Waals surface area (Å²) in [5.74, 6) is 1.28. The van der Waals surface area contributed by atoms with Gasteiger partial charge in [-0.25, -0.2) is 9.38 Å². The maximum absolute atomic E-state index is 13.7. The van der Waals surface area contributed by atoms with E-state index in [1.165, 1.54) is 6.07 Å². The van der Waals surface area contributed by atoms with Gasteiger partial charge in [0.15, 0.2) is 5.96 Å². The van der Waals surface area contributed by atoms with Gasteiger partial charge in [0.25, 0.3) is 0 Å². The summed E-state index contributed by atoms with van der Waals surface area (Å²) >= 11 is 0. The van der Waals surface area contributed by atoms with Gasteiger partial charge in [0, 0.05) is 31.3 Å². The Morgan fingerprint density at radius 2 is 1.89 bits per heavy atom. The Hall–Kier alpha value is -2.60. The van der Waals surface area contributed by atoms with Gasteiger partial charge in [0.1, 0.15) is 11.6 Å². The first-order valence-electron chi connectivity index (χ1n) is 8.99. The molecule has 146 valence electrons. The molecular formula is C21H28FN3O2. The summed E-state index contributed by atoms with van der Waals surface area (Å²) in [7, 11) is 3.22. The zero-order valence-corrected chi connectivity index (χ0v) is 16.4. The molecule has 0 amide bonds. The molecule has 0 heterocycles. The Bertz CT molecular complexity index is 778. The standard InChI is InChI=1S/C21H28FN3O2/c1-5-23-21(25-13-17-8-6-15(2)10-20(17)27-4)24-12-16-7-9-19(22)18(11-16)14-26-3/h6-11H,5,12-14H2,1-4H3,(H2,23,24,25). The second-order valence-electron chi connectivity index (χ2n) is 6.22. The Morgan fingerprint density at radius 3 is 2.59 bits per heavy atom. The second kappa shape index (κ2) is 10.5. The van der Waals surface area contributed by atoms with E-state index in [0.29, 0.717) is 24.6 Å². The number of benzene rings is 2. The van der Waals surface area contributed by atoms with Crippen LogP contribution in [0.1, 0.15) is 29.2 Å². The first-order valence-corrected chi connectivity index (χ1v) is 8.99. The van der Waals surface area contributed by atoms with Crippen molar-refractivity contribution < 1.29 is 13.9 Å². The molecule has 0 unspecified atom stereocenters. The summed E-state index contributed by atoms with van der Waals surface area (Å²) in [6, 6.07) is 11.1. The maximum Gasteiger partial charge on any atom is 0.191 e. The van der Waals surface area contributed by atoms with Crippen molar-refractivity contribution in [3.8, 4) is 5.75 Å². The molecule has 0 aromatic heterocycles. The Morgan fingerprint density at radius 1 is 1.07 bits per heavy atom. The molecule has 0 atom stereocenters. The molecular weight excluding hydrogens is 345 g/mol. The highest BCUT2D eigenvalue weighted by Crippen LogP contribution is 2.19. The molecule has 0 spiro atoms. The number of hydrogen-bond donors (Lipinski definition) is 2. The smallest absolute Gasteiger partial charge is 0.191 e. The minimum absolute atomic E-state index is 0.245. The zero-order chi connectivity index (χ0) is 19.6. The average molecular weight is 373 g/mol. The molecule has 0 aliphatic rings. The van der Waals surface area contributed by atoms with Gasteiger partial charge in [-0.1, -0.05) is 18.2 Å². The average Bonchev–Trinajstić information content (AvgIpc) is 2.67. The lowest BCUT2D eigenvalue weighted by molar-refractivity contribution is 0.181. The zero-order valence-electron chi connectivity index (χ0n) is 16.4. The number of nitrogens with zero attached hydrogens (tertiary/aromatic N) is 1. The van der Waals surface area contributed by atoms with Crippen molar-refractivity contribution in [1.29, 1.82) is 0 Å². The lowest BCUT2D eigenvalue weighted by atomic mass is 10.1. The van der Waals surface area contributed by atoms with E-state index in [1.807, 2.05) is 26.0 Å². The van der Waals surface area contributed by atoms with Crippen molar-refractivity contribution in [2.45, 2.75) is 33.5 Å². The van der Waals surface area contributed by atoms with E-state index in [0.717, 1.165) is 29.0 Å². The minimum atomic E-state index is -0.263. The molecule has 2 aromatic rings. The van der Waals surface area contributed by atoms with Crippen LogP contribution in [-0.4, -0.2) is 26.7 Å². The number of hydrogen-bond acceptors (Lipinski definition) is 3. The summed E-state index contributed by atoms with van der Waals surface area (Å²) in [5, 5.41) is 6.54. The first kappa shape index (κ1) is 20.7. The third-order valence-electron chi connectivity index (χ3n) is 4.06. The molecule has 0 fully saturated rings. The Labute approximate surface area is 160 Å². The fraction of sp³-hybridized carbons (Fsp3) is 0.381. The van der Waals surface area contributed by atoms with Crippen LogP contribution < -0.4 is 15.4 Å². The number of ether oxygens (including phenoxy) is 2. The summed E-state index contributed by atoms with van der Waals surface area (Å²) in [6.07, 6.45) is 0. The normalized spacial score (nSPS) is 11.4. The predicted molar refractivity (Wildman–Crippen MR) is 106 cm³/mol. The molecule has 2 N–H and O–H groups in total. The third-order valence-corrected chi connectivity index (χ3v) is 4.06. The highest BCUT2D eigenvalue weighted by atomic mass is 19.1. The van der Waals surface area contributed by atoms with Crippen molar-refractivity contribution in [3.05, 3.63) is 64.5 Å². The molecule has 0 radical (unpaired) electrons. The van der Waals surface area contributed by atoms with Gasteiger partial charge >= 0.3 is 0 Å². The topological polar surface area (TPSA) is 54.9 Å². The quantitative estimate of drug-likeness (QED) is 0.549. The molecule has 6 heteroatoms. The van der Waals surface area contributed by atoms with E-state index in [4.69, 9.17) is 9.47 Å². The van der Waals surface area contributed by atoms with Crippen molar-refractivity contribution in [2.75, 3.05) is 20.8 Å². The van der Waals surface area contributed by atoms with E-state index >= 15 is 0 Å². The maximum atomic E-state index is 13.7. The van der Waals surface area contributed by atoms with Gasteiger partial charge in [-0.2, -0.15) is 0 Å². The van der Waals surface area contributed by atoms with Crippen molar-refractivity contribution in [2.24, 2.45) is 4.99 Å². The van der Waals surface area contributed by atoms with Crippen molar-refractivity contribution >= 4 is 5.96 Å². The SMILES string of the molecule is CCNC(=NCc1ccc(F)c(COC)c1)NCc1ccc(C)cc1OC. The summed E-state index contributed by atoms with van der Waals surface area (Å²) < 4.78 is 24.2. The molecule has 0 saturated carbocycles. The van der Waals surface area contributed by atoms with Crippen LogP contribution in [0.15, 0.2) is 41.4 Å². The number of nitrogens with one attached hydrogen (secondary N) is 2. The van der Waals surface area contributed by atoms with Crippen molar-refractivity contribution in [3.63, 3.8) is 0 Å². The van der Waals surface area contributed by atoms with Crippen LogP contribution in [-0.2, 0) is 24.4 Å².